The normalized spacial score (nSPS) is 17.3. The van der Waals surface area contributed by atoms with Crippen molar-refractivity contribution in [3.8, 4) is 0 Å². The van der Waals surface area contributed by atoms with Crippen LogP contribution in [0.3, 0.4) is 0 Å². The summed E-state index contributed by atoms with van der Waals surface area (Å²) < 4.78 is 5.03. The lowest BCUT2D eigenvalue weighted by atomic mass is 10.1. The van der Waals surface area contributed by atoms with Crippen LogP contribution >= 0.6 is 0 Å². The second-order valence-corrected chi connectivity index (χ2v) is 5.25. The number of piperidine rings is 1. The van der Waals surface area contributed by atoms with Gasteiger partial charge in [-0.25, -0.2) is 15.0 Å². The molecule has 0 aromatic rings. The fraction of sp³-hybridized carbons (Fsp3) is 0.818. The number of carboxylic acid groups (broad SMARTS) is 1. The molecule has 7 nitrogen and oxygen atoms in total. The highest BCUT2D eigenvalue weighted by Crippen LogP contribution is 2.10. The molecule has 0 atom stereocenters. The molecule has 3 N–H and O–H groups in total. The van der Waals surface area contributed by atoms with E-state index in [9.17, 15) is 9.59 Å². The molecule has 0 unspecified atom stereocenters. The lowest BCUT2D eigenvalue weighted by Gasteiger charge is -2.30. The number of carbonyl (C=O) groups excluding carboxylic acids is 1. The molecule has 0 bridgehead atoms. The predicted octanol–water partition coefficient (Wildman–Crippen LogP) is 1.16. The van der Waals surface area contributed by atoms with Gasteiger partial charge in [0, 0.05) is 6.04 Å². The van der Waals surface area contributed by atoms with Crippen LogP contribution in [0, 0.1) is 0 Å². The van der Waals surface area contributed by atoms with E-state index >= 15 is 0 Å². The Morgan fingerprint density at radius 3 is 2.33 bits per heavy atom. The van der Waals surface area contributed by atoms with Crippen molar-refractivity contribution < 1.29 is 19.4 Å². The summed E-state index contributed by atoms with van der Waals surface area (Å²) in [6, 6.07) is -0.0325. The van der Waals surface area contributed by atoms with Gasteiger partial charge >= 0.3 is 12.2 Å². The van der Waals surface area contributed by atoms with E-state index in [2.05, 4.69) is 10.7 Å². The molecular weight excluding hydrogens is 238 g/mol. The standard InChI is InChI=1S/C11H21N3O4/c1-11(2,3)18-10(17)14(9(15)16)13-8-4-6-12-7-5-8/h8,12-13H,4-7H2,1-3H3,(H,15,16). The van der Waals surface area contributed by atoms with Gasteiger partial charge in [-0.2, -0.15) is 0 Å². The van der Waals surface area contributed by atoms with Gasteiger partial charge in [0.2, 0.25) is 0 Å². The summed E-state index contributed by atoms with van der Waals surface area (Å²) in [6.07, 6.45) is -0.713. The topological polar surface area (TPSA) is 90.9 Å². The minimum absolute atomic E-state index is 0.0325. The summed E-state index contributed by atoms with van der Waals surface area (Å²) in [5.41, 5.74) is 1.98. The maximum atomic E-state index is 11.7. The molecule has 1 aliphatic rings. The summed E-state index contributed by atoms with van der Waals surface area (Å²) in [6.45, 7) is 6.68. The van der Waals surface area contributed by atoms with Crippen LogP contribution < -0.4 is 10.7 Å². The van der Waals surface area contributed by atoms with E-state index in [4.69, 9.17) is 9.84 Å². The van der Waals surface area contributed by atoms with E-state index < -0.39 is 17.8 Å². The molecule has 0 spiro atoms. The zero-order chi connectivity index (χ0) is 13.8. The number of amides is 2. The van der Waals surface area contributed by atoms with Crippen LogP contribution in [0.15, 0.2) is 0 Å². The Labute approximate surface area is 106 Å². The first kappa shape index (κ1) is 14.7. The Morgan fingerprint density at radius 2 is 1.89 bits per heavy atom. The average molecular weight is 259 g/mol. The minimum atomic E-state index is -1.36. The van der Waals surface area contributed by atoms with Crippen LogP contribution in [0.5, 0.6) is 0 Å². The maximum Gasteiger partial charge on any atom is 0.434 e. The summed E-state index contributed by atoms with van der Waals surface area (Å²) in [5, 5.41) is 12.7. The van der Waals surface area contributed by atoms with E-state index in [0.717, 1.165) is 25.9 Å². The van der Waals surface area contributed by atoms with Crippen molar-refractivity contribution >= 4 is 12.2 Å². The first-order chi connectivity index (χ1) is 8.29. The van der Waals surface area contributed by atoms with Crippen LogP contribution in [-0.4, -0.2) is 47.0 Å². The molecule has 0 saturated carbocycles. The Bertz CT molecular complexity index is 308. The van der Waals surface area contributed by atoms with Gasteiger partial charge in [-0.15, -0.1) is 5.01 Å². The first-order valence-corrected chi connectivity index (χ1v) is 6.02. The number of rotatable bonds is 2. The zero-order valence-corrected chi connectivity index (χ0v) is 11.0. The number of nitrogens with zero attached hydrogens (tertiary/aromatic N) is 1. The number of carbonyl (C=O) groups is 2. The quantitative estimate of drug-likeness (QED) is 0.645. The molecular formula is C11H21N3O4. The Hall–Kier alpha value is -1.34. The summed E-state index contributed by atoms with van der Waals surface area (Å²) in [5.74, 6) is 0. The molecule has 1 aliphatic heterocycles. The Balaban J connectivity index is 2.58. The second-order valence-electron chi connectivity index (χ2n) is 5.25. The van der Waals surface area contributed by atoms with E-state index in [0.29, 0.717) is 5.01 Å². The smallest absolute Gasteiger partial charge is 0.434 e. The highest BCUT2D eigenvalue weighted by molar-refractivity contribution is 5.86. The third kappa shape index (κ3) is 4.89. The lowest BCUT2D eigenvalue weighted by molar-refractivity contribution is 0.0122. The molecule has 1 rings (SSSR count). The van der Waals surface area contributed by atoms with Crippen LogP contribution in [0.25, 0.3) is 0 Å². The van der Waals surface area contributed by atoms with Crippen LogP contribution in [0.1, 0.15) is 33.6 Å². The number of hydrogen-bond donors (Lipinski definition) is 3. The van der Waals surface area contributed by atoms with Crippen LogP contribution in [0.2, 0.25) is 0 Å². The lowest BCUT2D eigenvalue weighted by Crippen LogP contribution is -2.54. The number of hydrogen-bond acceptors (Lipinski definition) is 5. The molecule has 1 heterocycles. The van der Waals surface area contributed by atoms with Gasteiger partial charge in [-0.05, 0) is 46.7 Å². The highest BCUT2D eigenvalue weighted by Gasteiger charge is 2.29. The molecule has 0 aliphatic carbocycles. The Kier molecular flexibility index (Phi) is 4.92. The van der Waals surface area contributed by atoms with Gasteiger partial charge < -0.3 is 15.2 Å². The van der Waals surface area contributed by atoms with Crippen LogP contribution in [-0.2, 0) is 4.74 Å². The summed E-state index contributed by atoms with van der Waals surface area (Å²) in [4.78, 5) is 22.8. The summed E-state index contributed by atoms with van der Waals surface area (Å²) in [7, 11) is 0. The number of nitrogens with one attached hydrogen (secondary N) is 2. The van der Waals surface area contributed by atoms with Crippen molar-refractivity contribution in [3.05, 3.63) is 0 Å². The van der Waals surface area contributed by atoms with Crippen molar-refractivity contribution in [2.24, 2.45) is 0 Å². The molecule has 7 heteroatoms. The first-order valence-electron chi connectivity index (χ1n) is 6.02. The fourth-order valence-electron chi connectivity index (χ4n) is 1.63. The molecule has 1 fully saturated rings. The predicted molar refractivity (Wildman–Crippen MR) is 65.1 cm³/mol. The molecule has 0 aromatic heterocycles. The minimum Gasteiger partial charge on any atom is -0.464 e. The van der Waals surface area contributed by atoms with Gasteiger partial charge in [0.1, 0.15) is 5.60 Å². The molecule has 104 valence electrons. The van der Waals surface area contributed by atoms with Gasteiger partial charge in [-0.1, -0.05) is 0 Å². The Morgan fingerprint density at radius 1 is 1.33 bits per heavy atom. The summed E-state index contributed by atoms with van der Waals surface area (Å²) >= 11 is 0. The van der Waals surface area contributed by atoms with Gasteiger partial charge in [0.25, 0.3) is 0 Å². The van der Waals surface area contributed by atoms with E-state index in [-0.39, 0.29) is 6.04 Å². The third-order valence-electron chi connectivity index (χ3n) is 2.42. The molecule has 1 saturated heterocycles. The van der Waals surface area contributed by atoms with Crippen molar-refractivity contribution in [1.82, 2.24) is 15.8 Å². The largest absolute Gasteiger partial charge is 0.464 e. The third-order valence-corrected chi connectivity index (χ3v) is 2.42. The van der Waals surface area contributed by atoms with Crippen molar-refractivity contribution in [1.29, 1.82) is 0 Å². The zero-order valence-electron chi connectivity index (χ0n) is 11.0. The van der Waals surface area contributed by atoms with Crippen LogP contribution in [0.4, 0.5) is 9.59 Å². The molecule has 0 aromatic carbocycles. The van der Waals surface area contributed by atoms with E-state index in [1.165, 1.54) is 0 Å². The van der Waals surface area contributed by atoms with E-state index in [1.54, 1.807) is 20.8 Å². The molecule has 0 radical (unpaired) electrons. The van der Waals surface area contributed by atoms with Gasteiger partial charge in [0.05, 0.1) is 0 Å². The number of hydrazine groups is 1. The van der Waals surface area contributed by atoms with Crippen molar-refractivity contribution in [2.45, 2.75) is 45.3 Å². The fourth-order valence-corrected chi connectivity index (χ4v) is 1.63. The van der Waals surface area contributed by atoms with Crippen molar-refractivity contribution in [3.63, 3.8) is 0 Å². The SMILES string of the molecule is CC(C)(C)OC(=O)N(NC1CCNCC1)C(=O)O. The van der Waals surface area contributed by atoms with Crippen molar-refractivity contribution in [2.75, 3.05) is 13.1 Å². The van der Waals surface area contributed by atoms with Gasteiger partial charge in [-0.3, -0.25) is 0 Å². The van der Waals surface area contributed by atoms with E-state index in [1.807, 2.05) is 0 Å². The number of imide groups is 1. The monoisotopic (exact) mass is 259 g/mol. The second kappa shape index (κ2) is 6.01. The molecule has 2 amide bonds. The number of ether oxygens (including phenoxy) is 1. The van der Waals surface area contributed by atoms with Gasteiger partial charge in [0.15, 0.2) is 0 Å². The highest BCUT2D eigenvalue weighted by atomic mass is 16.6. The molecule has 18 heavy (non-hydrogen) atoms. The maximum absolute atomic E-state index is 11.7. The average Bonchev–Trinajstić information content (AvgIpc) is 2.24.